The van der Waals surface area contributed by atoms with Gasteiger partial charge in [-0.05, 0) is 38.5 Å². The van der Waals surface area contributed by atoms with Gasteiger partial charge in [0.1, 0.15) is 9.84 Å². The minimum atomic E-state index is -2.88. The predicted octanol–water partition coefficient (Wildman–Crippen LogP) is 2.12. The minimum absolute atomic E-state index is 0.0372. The number of nitrogens with two attached hydrogens (primary N) is 1. The molecule has 1 fully saturated rings. The zero-order valence-electron chi connectivity index (χ0n) is 12.3. The predicted molar refractivity (Wildman–Crippen MR) is 78.9 cm³/mol. The molecule has 1 rings (SSSR count). The summed E-state index contributed by atoms with van der Waals surface area (Å²) in [4.78, 5) is 0. The molecule has 0 spiro atoms. The van der Waals surface area contributed by atoms with Crippen LogP contribution in [-0.2, 0) is 14.6 Å². The van der Waals surface area contributed by atoms with E-state index in [0.717, 1.165) is 6.42 Å². The van der Waals surface area contributed by atoms with E-state index >= 15 is 0 Å². The quantitative estimate of drug-likeness (QED) is 0.743. The SMILES string of the molecule is CCOC(C(N)CCCS(C)(=O)=O)C1CCCCC1. The standard InChI is InChI=1S/C14H29NO3S/c1-3-18-14(12-8-5-4-6-9-12)13(15)10-7-11-19(2,16)17/h12-14H,3-11,15H2,1-2H3. The van der Waals surface area contributed by atoms with Gasteiger partial charge in [-0.2, -0.15) is 0 Å². The van der Waals surface area contributed by atoms with Crippen molar-refractivity contribution in [2.75, 3.05) is 18.6 Å². The van der Waals surface area contributed by atoms with Crippen LogP contribution in [0.1, 0.15) is 51.9 Å². The van der Waals surface area contributed by atoms with Crippen LogP contribution in [0.5, 0.6) is 0 Å². The largest absolute Gasteiger partial charge is 0.377 e. The monoisotopic (exact) mass is 291 g/mol. The Labute approximate surface area is 118 Å². The van der Waals surface area contributed by atoms with Crippen LogP contribution in [-0.4, -0.2) is 39.2 Å². The van der Waals surface area contributed by atoms with Crippen molar-refractivity contribution in [1.29, 1.82) is 0 Å². The first-order chi connectivity index (χ1) is 8.94. The lowest BCUT2D eigenvalue weighted by Crippen LogP contribution is -2.43. The minimum Gasteiger partial charge on any atom is -0.377 e. The molecule has 0 saturated heterocycles. The number of hydrogen-bond acceptors (Lipinski definition) is 4. The molecule has 19 heavy (non-hydrogen) atoms. The molecule has 0 aromatic carbocycles. The lowest BCUT2D eigenvalue weighted by Gasteiger charge is -2.34. The van der Waals surface area contributed by atoms with Crippen molar-refractivity contribution in [3.05, 3.63) is 0 Å². The molecule has 114 valence electrons. The van der Waals surface area contributed by atoms with E-state index in [9.17, 15) is 8.42 Å². The Hall–Kier alpha value is -0.130. The van der Waals surface area contributed by atoms with Crippen molar-refractivity contribution in [1.82, 2.24) is 0 Å². The summed E-state index contributed by atoms with van der Waals surface area (Å²) in [5.74, 6) is 0.784. The Morgan fingerprint density at radius 2 is 1.89 bits per heavy atom. The summed E-state index contributed by atoms with van der Waals surface area (Å²) < 4.78 is 28.1. The third-order valence-corrected chi connectivity index (χ3v) is 4.98. The maximum absolute atomic E-state index is 11.1. The van der Waals surface area contributed by atoms with Gasteiger partial charge in [-0.1, -0.05) is 19.3 Å². The molecule has 1 aliphatic carbocycles. The van der Waals surface area contributed by atoms with E-state index in [-0.39, 0.29) is 17.9 Å². The Morgan fingerprint density at radius 3 is 2.42 bits per heavy atom. The Morgan fingerprint density at radius 1 is 1.26 bits per heavy atom. The van der Waals surface area contributed by atoms with Crippen LogP contribution in [0.25, 0.3) is 0 Å². The van der Waals surface area contributed by atoms with E-state index in [1.807, 2.05) is 6.92 Å². The Balaban J connectivity index is 2.44. The second-order valence-corrected chi connectivity index (χ2v) is 8.01. The van der Waals surface area contributed by atoms with Gasteiger partial charge in [0, 0.05) is 24.7 Å². The van der Waals surface area contributed by atoms with Gasteiger partial charge < -0.3 is 10.5 Å². The van der Waals surface area contributed by atoms with Gasteiger partial charge in [0.2, 0.25) is 0 Å². The molecule has 0 amide bonds. The summed E-state index contributed by atoms with van der Waals surface area (Å²) in [6.07, 6.45) is 9.00. The van der Waals surface area contributed by atoms with Crippen LogP contribution < -0.4 is 5.73 Å². The molecule has 1 saturated carbocycles. The highest BCUT2D eigenvalue weighted by Crippen LogP contribution is 2.30. The summed E-state index contributed by atoms with van der Waals surface area (Å²) in [6.45, 7) is 2.68. The van der Waals surface area contributed by atoms with Crippen molar-refractivity contribution in [3.8, 4) is 0 Å². The maximum atomic E-state index is 11.1. The van der Waals surface area contributed by atoms with Crippen molar-refractivity contribution >= 4 is 9.84 Å². The Kier molecular flexibility index (Phi) is 7.32. The smallest absolute Gasteiger partial charge is 0.147 e. The van der Waals surface area contributed by atoms with Crippen molar-refractivity contribution in [3.63, 3.8) is 0 Å². The highest BCUT2D eigenvalue weighted by molar-refractivity contribution is 7.90. The topological polar surface area (TPSA) is 69.4 Å². The van der Waals surface area contributed by atoms with Crippen molar-refractivity contribution in [2.24, 2.45) is 11.7 Å². The van der Waals surface area contributed by atoms with Gasteiger partial charge in [0.15, 0.2) is 0 Å². The molecule has 1 aliphatic rings. The lowest BCUT2D eigenvalue weighted by molar-refractivity contribution is -0.0109. The molecule has 0 radical (unpaired) electrons. The second kappa shape index (κ2) is 8.22. The summed E-state index contributed by atoms with van der Waals surface area (Å²) in [5.41, 5.74) is 6.24. The van der Waals surface area contributed by atoms with Crippen LogP contribution >= 0.6 is 0 Å². The van der Waals surface area contributed by atoms with Gasteiger partial charge in [0.25, 0.3) is 0 Å². The molecule has 0 heterocycles. The van der Waals surface area contributed by atoms with Crippen LogP contribution in [0.3, 0.4) is 0 Å². The molecular weight excluding hydrogens is 262 g/mol. The average molecular weight is 291 g/mol. The molecule has 0 aromatic heterocycles. The van der Waals surface area contributed by atoms with E-state index in [4.69, 9.17) is 10.5 Å². The lowest BCUT2D eigenvalue weighted by atomic mass is 9.82. The van der Waals surface area contributed by atoms with E-state index in [1.165, 1.54) is 38.4 Å². The molecule has 2 N–H and O–H groups in total. The summed E-state index contributed by atoms with van der Waals surface area (Å²) in [6, 6.07) is -0.0372. The summed E-state index contributed by atoms with van der Waals surface area (Å²) >= 11 is 0. The van der Waals surface area contributed by atoms with Gasteiger partial charge in [0.05, 0.1) is 6.10 Å². The third-order valence-electron chi connectivity index (χ3n) is 3.95. The Bertz CT molecular complexity index is 337. The molecule has 0 bridgehead atoms. The first-order valence-electron chi connectivity index (χ1n) is 7.49. The van der Waals surface area contributed by atoms with Gasteiger partial charge in [-0.15, -0.1) is 0 Å². The number of rotatable bonds is 8. The number of hydrogen-bond donors (Lipinski definition) is 1. The van der Waals surface area contributed by atoms with Crippen LogP contribution in [0.2, 0.25) is 0 Å². The molecule has 2 unspecified atom stereocenters. The molecular formula is C14H29NO3S. The van der Waals surface area contributed by atoms with Crippen LogP contribution in [0.15, 0.2) is 0 Å². The number of ether oxygens (including phenoxy) is 1. The third kappa shape index (κ3) is 6.72. The van der Waals surface area contributed by atoms with Gasteiger partial charge >= 0.3 is 0 Å². The molecule has 0 aliphatic heterocycles. The van der Waals surface area contributed by atoms with Crippen molar-refractivity contribution in [2.45, 2.75) is 64.0 Å². The average Bonchev–Trinajstić information content (AvgIpc) is 2.35. The van der Waals surface area contributed by atoms with Crippen molar-refractivity contribution < 1.29 is 13.2 Å². The van der Waals surface area contributed by atoms with E-state index < -0.39 is 9.84 Å². The van der Waals surface area contributed by atoms with Crippen LogP contribution in [0, 0.1) is 5.92 Å². The first-order valence-corrected chi connectivity index (χ1v) is 9.55. The van der Waals surface area contributed by atoms with Gasteiger partial charge in [-0.3, -0.25) is 0 Å². The fourth-order valence-electron chi connectivity index (χ4n) is 3.01. The summed E-state index contributed by atoms with van der Waals surface area (Å²) in [5, 5.41) is 0. The number of sulfone groups is 1. The normalized spacial score (nSPS) is 21.2. The van der Waals surface area contributed by atoms with Crippen LogP contribution in [0.4, 0.5) is 0 Å². The molecule has 5 heteroatoms. The fraction of sp³-hybridized carbons (Fsp3) is 1.00. The zero-order valence-corrected chi connectivity index (χ0v) is 13.1. The second-order valence-electron chi connectivity index (χ2n) is 5.75. The van der Waals surface area contributed by atoms with E-state index in [1.54, 1.807) is 0 Å². The van der Waals surface area contributed by atoms with E-state index in [0.29, 0.717) is 18.9 Å². The molecule has 4 nitrogen and oxygen atoms in total. The zero-order chi connectivity index (χ0) is 14.3. The van der Waals surface area contributed by atoms with Gasteiger partial charge in [-0.25, -0.2) is 8.42 Å². The molecule has 2 atom stereocenters. The fourth-order valence-corrected chi connectivity index (χ4v) is 3.70. The highest BCUT2D eigenvalue weighted by Gasteiger charge is 2.28. The summed E-state index contributed by atoms with van der Waals surface area (Å²) in [7, 11) is -2.88. The first kappa shape index (κ1) is 16.9. The van der Waals surface area contributed by atoms with E-state index in [2.05, 4.69) is 0 Å². The molecule has 0 aromatic rings. The maximum Gasteiger partial charge on any atom is 0.147 e. The highest BCUT2D eigenvalue weighted by atomic mass is 32.2.